The summed E-state index contributed by atoms with van der Waals surface area (Å²) >= 11 is 2.91. The number of hydrogen-bond donors (Lipinski definition) is 0. The van der Waals surface area contributed by atoms with E-state index in [1.807, 2.05) is 0 Å². The average Bonchev–Trinajstić information content (AvgIpc) is 2.00. The molecule has 0 amide bonds. The van der Waals surface area contributed by atoms with Crippen molar-refractivity contribution in [2.24, 2.45) is 0 Å². The van der Waals surface area contributed by atoms with Crippen molar-refractivity contribution >= 4 is 15.9 Å². The van der Waals surface area contributed by atoms with Gasteiger partial charge in [0.15, 0.2) is 0 Å². The Hall–Kier alpha value is -0.510. The highest BCUT2D eigenvalue weighted by atomic mass is 79.9. The van der Waals surface area contributed by atoms with Gasteiger partial charge >= 0.3 is 0 Å². The summed E-state index contributed by atoms with van der Waals surface area (Å²) in [5, 5.41) is 0. The van der Waals surface area contributed by atoms with Crippen LogP contribution in [-0.4, -0.2) is 0 Å². The van der Waals surface area contributed by atoms with Gasteiger partial charge in [-0.05, 0) is 34.5 Å². The van der Waals surface area contributed by atoms with Gasteiger partial charge in [0, 0.05) is 5.56 Å². The van der Waals surface area contributed by atoms with Crippen LogP contribution >= 0.6 is 15.9 Å². The van der Waals surface area contributed by atoms with Gasteiger partial charge in [0.1, 0.15) is 5.82 Å². The molecule has 1 aromatic rings. The third-order valence-corrected chi connectivity index (χ3v) is 2.23. The lowest BCUT2D eigenvalue weighted by atomic mass is 10.1. The van der Waals surface area contributed by atoms with Gasteiger partial charge in [0.2, 0.25) is 0 Å². The molecule has 4 heteroatoms. The first-order valence-electron chi connectivity index (χ1n) is 3.26. The van der Waals surface area contributed by atoms with Gasteiger partial charge in [-0.3, -0.25) is 0 Å². The van der Waals surface area contributed by atoms with E-state index in [4.69, 9.17) is 0 Å². The van der Waals surface area contributed by atoms with Crippen LogP contribution in [0.3, 0.4) is 0 Å². The van der Waals surface area contributed by atoms with Gasteiger partial charge < -0.3 is 0 Å². The van der Waals surface area contributed by atoms with Crippen LogP contribution in [0, 0.1) is 12.7 Å². The van der Waals surface area contributed by atoms with E-state index < -0.39 is 12.2 Å². The van der Waals surface area contributed by atoms with Crippen LogP contribution in [0.1, 0.15) is 17.6 Å². The Labute approximate surface area is 76.5 Å². The Morgan fingerprint density at radius 1 is 1.33 bits per heavy atom. The molecule has 0 unspecified atom stereocenters. The van der Waals surface area contributed by atoms with Crippen LogP contribution in [0.5, 0.6) is 0 Å². The maximum Gasteiger partial charge on any atom is 0.264 e. The Morgan fingerprint density at radius 2 is 1.92 bits per heavy atom. The Balaban J connectivity index is 3.27. The van der Waals surface area contributed by atoms with Crippen molar-refractivity contribution in [3.05, 3.63) is 33.5 Å². The van der Waals surface area contributed by atoms with Crippen molar-refractivity contribution in [1.82, 2.24) is 0 Å². The zero-order valence-corrected chi connectivity index (χ0v) is 7.83. The number of halogens is 4. The van der Waals surface area contributed by atoms with E-state index in [2.05, 4.69) is 15.9 Å². The zero-order valence-electron chi connectivity index (χ0n) is 6.24. The molecule has 0 radical (unpaired) electrons. The van der Waals surface area contributed by atoms with Gasteiger partial charge in [-0.2, -0.15) is 0 Å². The van der Waals surface area contributed by atoms with E-state index in [0.29, 0.717) is 0 Å². The van der Waals surface area contributed by atoms with E-state index in [0.717, 1.165) is 0 Å². The molecule has 0 atom stereocenters. The third kappa shape index (κ3) is 1.63. The first-order chi connectivity index (χ1) is 5.54. The molecule has 0 aromatic heterocycles. The summed E-state index contributed by atoms with van der Waals surface area (Å²) in [6.07, 6.45) is -2.62. The van der Waals surface area contributed by atoms with Crippen molar-refractivity contribution in [2.75, 3.05) is 0 Å². The smallest absolute Gasteiger partial charge is 0.205 e. The summed E-state index contributed by atoms with van der Waals surface area (Å²) in [4.78, 5) is 0. The lowest BCUT2D eigenvalue weighted by molar-refractivity contribution is 0.150. The Bertz CT molecular complexity index is 297. The number of hydrogen-bond acceptors (Lipinski definition) is 0. The van der Waals surface area contributed by atoms with Crippen LogP contribution in [0.4, 0.5) is 13.2 Å². The van der Waals surface area contributed by atoms with Crippen LogP contribution < -0.4 is 0 Å². The summed E-state index contributed by atoms with van der Waals surface area (Å²) in [6, 6.07) is 2.50. The molecule has 0 heterocycles. The molecule has 0 spiro atoms. The fourth-order valence-electron chi connectivity index (χ4n) is 0.903. The van der Waals surface area contributed by atoms with Gasteiger partial charge in [-0.1, -0.05) is 6.07 Å². The predicted molar refractivity (Wildman–Crippen MR) is 43.8 cm³/mol. The molecule has 0 fully saturated rings. The lowest BCUT2D eigenvalue weighted by Gasteiger charge is -2.05. The molecular weight excluding hydrogens is 233 g/mol. The molecule has 0 saturated heterocycles. The third-order valence-electron chi connectivity index (χ3n) is 1.62. The lowest BCUT2D eigenvalue weighted by Crippen LogP contribution is -1.93. The Kier molecular flexibility index (Phi) is 2.77. The molecule has 1 aromatic carbocycles. The molecule has 66 valence electrons. The van der Waals surface area contributed by atoms with Gasteiger partial charge in [0.05, 0.1) is 4.47 Å². The van der Waals surface area contributed by atoms with E-state index in [1.165, 1.54) is 19.1 Å². The standard InChI is InChI=1S/C8H6BrF3/c1-4-5(8(11)12)2-3-6(9)7(4)10/h2-3,8H,1H3. The normalized spacial score (nSPS) is 10.8. The molecule has 12 heavy (non-hydrogen) atoms. The van der Waals surface area contributed by atoms with Crippen molar-refractivity contribution in [3.8, 4) is 0 Å². The van der Waals surface area contributed by atoms with E-state index in [1.54, 1.807) is 0 Å². The fraction of sp³-hybridized carbons (Fsp3) is 0.250. The molecule has 0 N–H and O–H groups in total. The fourth-order valence-corrected chi connectivity index (χ4v) is 1.33. The topological polar surface area (TPSA) is 0 Å². The molecule has 0 aliphatic rings. The van der Waals surface area contributed by atoms with Crippen molar-refractivity contribution in [3.63, 3.8) is 0 Å². The van der Waals surface area contributed by atoms with Gasteiger partial charge in [-0.15, -0.1) is 0 Å². The second kappa shape index (κ2) is 3.47. The molecule has 0 nitrogen and oxygen atoms in total. The van der Waals surface area contributed by atoms with Crippen molar-refractivity contribution in [1.29, 1.82) is 0 Å². The second-order valence-electron chi connectivity index (χ2n) is 2.38. The van der Waals surface area contributed by atoms with Gasteiger partial charge in [0.25, 0.3) is 6.43 Å². The first kappa shape index (κ1) is 9.58. The largest absolute Gasteiger partial charge is 0.264 e. The van der Waals surface area contributed by atoms with Crippen molar-refractivity contribution in [2.45, 2.75) is 13.3 Å². The molecule has 0 saturated carbocycles. The molecule has 0 aliphatic heterocycles. The van der Waals surface area contributed by atoms with E-state index in [-0.39, 0.29) is 15.6 Å². The Morgan fingerprint density at radius 3 is 2.42 bits per heavy atom. The second-order valence-corrected chi connectivity index (χ2v) is 3.23. The summed E-state index contributed by atoms with van der Waals surface area (Å²) in [7, 11) is 0. The summed E-state index contributed by atoms with van der Waals surface area (Å²) in [5.74, 6) is -0.618. The summed E-state index contributed by atoms with van der Waals surface area (Å²) < 4.78 is 37.5. The summed E-state index contributed by atoms with van der Waals surface area (Å²) in [5.41, 5.74) is -0.255. The quantitative estimate of drug-likeness (QED) is 0.698. The minimum absolute atomic E-state index is 0.000579. The van der Waals surface area contributed by atoms with Crippen LogP contribution in [0.25, 0.3) is 0 Å². The minimum Gasteiger partial charge on any atom is -0.205 e. The van der Waals surface area contributed by atoms with Crippen molar-refractivity contribution < 1.29 is 13.2 Å². The molecule has 1 rings (SSSR count). The number of alkyl halides is 2. The van der Waals surface area contributed by atoms with Crippen LogP contribution in [0.2, 0.25) is 0 Å². The maximum atomic E-state index is 13.0. The number of benzene rings is 1. The monoisotopic (exact) mass is 238 g/mol. The number of rotatable bonds is 1. The highest BCUT2D eigenvalue weighted by Crippen LogP contribution is 2.28. The zero-order chi connectivity index (χ0) is 9.30. The minimum atomic E-state index is -2.62. The van der Waals surface area contributed by atoms with Gasteiger partial charge in [-0.25, -0.2) is 13.2 Å². The summed E-state index contributed by atoms with van der Waals surface area (Å²) in [6.45, 7) is 1.33. The van der Waals surface area contributed by atoms with Crippen LogP contribution in [-0.2, 0) is 0 Å². The van der Waals surface area contributed by atoms with Crippen LogP contribution in [0.15, 0.2) is 16.6 Å². The molecule has 0 aliphatic carbocycles. The van der Waals surface area contributed by atoms with E-state index in [9.17, 15) is 13.2 Å². The molecule has 0 bridgehead atoms. The maximum absolute atomic E-state index is 13.0. The highest BCUT2D eigenvalue weighted by Gasteiger charge is 2.14. The first-order valence-corrected chi connectivity index (χ1v) is 4.06. The molecular formula is C8H6BrF3. The predicted octanol–water partition coefficient (Wildman–Crippen LogP) is 3.83. The van der Waals surface area contributed by atoms with E-state index >= 15 is 0 Å². The highest BCUT2D eigenvalue weighted by molar-refractivity contribution is 9.10. The average molecular weight is 239 g/mol. The SMILES string of the molecule is Cc1c(C(F)F)ccc(Br)c1F.